The van der Waals surface area contributed by atoms with Crippen molar-refractivity contribution in [2.45, 2.75) is 37.5 Å². The zero-order valence-electron chi connectivity index (χ0n) is 13.9. The lowest BCUT2D eigenvalue weighted by atomic mass is 9.90. The molecule has 1 aromatic heterocycles. The molecule has 4 atom stereocenters. The van der Waals surface area contributed by atoms with Gasteiger partial charge in [0.25, 0.3) is 0 Å². The third-order valence-electron chi connectivity index (χ3n) is 4.52. The lowest BCUT2D eigenvalue weighted by Gasteiger charge is -2.41. The summed E-state index contributed by atoms with van der Waals surface area (Å²) in [6.45, 7) is 5.43. The molecule has 0 spiro atoms. The highest BCUT2D eigenvalue weighted by Gasteiger charge is 2.43. The Morgan fingerprint density at radius 2 is 2.12 bits per heavy atom. The fourth-order valence-corrected chi connectivity index (χ4v) is 4.67. The molecule has 2 unspecified atom stereocenters. The molecule has 2 aliphatic heterocycles. The van der Waals surface area contributed by atoms with Crippen LogP contribution in [0, 0.1) is 0 Å². The Labute approximate surface area is 154 Å². The molecular weight excluding hydrogens is 362 g/mol. The summed E-state index contributed by atoms with van der Waals surface area (Å²) < 4.78 is 5.79. The van der Waals surface area contributed by atoms with Crippen molar-refractivity contribution in [1.82, 2.24) is 9.88 Å². The van der Waals surface area contributed by atoms with Crippen LogP contribution in [0.25, 0.3) is 0 Å². The SMILES string of the molecule is C[C@@H]1CN(C2=C(C=O)C=C3C(c4cncs4)=NOC3C2Cl)C[C@H](C)O1. The molecule has 8 heteroatoms. The summed E-state index contributed by atoms with van der Waals surface area (Å²) in [5, 5.41) is 3.72. The van der Waals surface area contributed by atoms with Gasteiger partial charge in [-0.1, -0.05) is 5.16 Å². The van der Waals surface area contributed by atoms with Gasteiger partial charge in [0, 0.05) is 36.1 Å². The van der Waals surface area contributed by atoms with Crippen molar-refractivity contribution in [2.24, 2.45) is 5.16 Å². The Kier molecular flexibility index (Phi) is 4.39. The number of nitrogens with zero attached hydrogens (tertiary/aromatic N) is 3. The van der Waals surface area contributed by atoms with Gasteiger partial charge in [0.2, 0.25) is 0 Å². The van der Waals surface area contributed by atoms with Crippen LogP contribution in [0.2, 0.25) is 0 Å². The second kappa shape index (κ2) is 6.55. The number of aldehydes is 1. The highest BCUT2D eigenvalue weighted by Crippen LogP contribution is 2.38. The molecule has 1 saturated heterocycles. The molecule has 4 rings (SSSR count). The Hall–Kier alpha value is -1.70. The predicted octanol–water partition coefficient (Wildman–Crippen LogP) is 2.36. The number of morpholine rings is 1. The van der Waals surface area contributed by atoms with Crippen molar-refractivity contribution in [3.05, 3.63) is 39.5 Å². The lowest BCUT2D eigenvalue weighted by Crippen LogP contribution is -2.49. The molecule has 0 bridgehead atoms. The van der Waals surface area contributed by atoms with E-state index >= 15 is 0 Å². The molecule has 0 aromatic carbocycles. The van der Waals surface area contributed by atoms with E-state index in [1.165, 1.54) is 11.3 Å². The van der Waals surface area contributed by atoms with E-state index in [-0.39, 0.29) is 12.2 Å². The fraction of sp³-hybridized carbons (Fsp3) is 0.471. The average Bonchev–Trinajstić information content (AvgIpc) is 3.22. The Morgan fingerprint density at radius 1 is 1.36 bits per heavy atom. The van der Waals surface area contributed by atoms with Crippen LogP contribution in [0.1, 0.15) is 18.7 Å². The second-order valence-corrected chi connectivity index (χ2v) is 7.81. The molecule has 6 nitrogen and oxygen atoms in total. The molecule has 1 aromatic rings. The molecule has 132 valence electrons. The van der Waals surface area contributed by atoms with Crippen molar-refractivity contribution in [2.75, 3.05) is 13.1 Å². The van der Waals surface area contributed by atoms with Crippen molar-refractivity contribution in [3.63, 3.8) is 0 Å². The number of carbonyl (C=O) groups excluding carboxylic acids is 1. The van der Waals surface area contributed by atoms with Crippen LogP contribution in [0.15, 0.2) is 39.8 Å². The standard InChI is InChI=1S/C17H18ClN3O3S/c1-9-5-21(6-10(2)23-9)16-11(7-22)3-12-15(13-4-19-8-25-13)20-24-17(12)14(16)18/h3-4,7-10,14,17H,5-6H2,1-2H3/t9-,10+,14?,17?. The van der Waals surface area contributed by atoms with Gasteiger partial charge >= 0.3 is 0 Å². The fourth-order valence-electron chi connectivity index (χ4n) is 3.61. The summed E-state index contributed by atoms with van der Waals surface area (Å²) in [4.78, 5) is 24.6. The first-order valence-corrected chi connectivity index (χ1v) is 9.48. The average molecular weight is 380 g/mol. The van der Waals surface area contributed by atoms with Gasteiger partial charge in [0.05, 0.1) is 22.6 Å². The smallest absolute Gasteiger partial charge is 0.176 e. The molecule has 25 heavy (non-hydrogen) atoms. The van der Waals surface area contributed by atoms with Gasteiger partial charge in [0.1, 0.15) is 11.1 Å². The number of aromatic nitrogens is 1. The van der Waals surface area contributed by atoms with E-state index in [0.717, 1.165) is 22.4 Å². The normalized spacial score (nSPS) is 32.0. The summed E-state index contributed by atoms with van der Waals surface area (Å²) >= 11 is 8.24. The first-order chi connectivity index (χ1) is 12.1. The van der Waals surface area contributed by atoms with Crippen LogP contribution in [0.4, 0.5) is 0 Å². The van der Waals surface area contributed by atoms with Crippen LogP contribution in [0.5, 0.6) is 0 Å². The van der Waals surface area contributed by atoms with E-state index in [1.807, 2.05) is 19.9 Å². The summed E-state index contributed by atoms with van der Waals surface area (Å²) in [5.41, 5.74) is 4.67. The lowest BCUT2D eigenvalue weighted by molar-refractivity contribution is -0.105. The summed E-state index contributed by atoms with van der Waals surface area (Å²) in [6, 6.07) is 0. The van der Waals surface area contributed by atoms with Crippen LogP contribution in [-0.4, -0.2) is 58.7 Å². The highest BCUT2D eigenvalue weighted by atomic mass is 35.5. The number of ether oxygens (including phenoxy) is 1. The van der Waals surface area contributed by atoms with E-state index in [4.69, 9.17) is 21.2 Å². The number of oxime groups is 1. The maximum Gasteiger partial charge on any atom is 0.176 e. The van der Waals surface area contributed by atoms with Crippen LogP contribution in [0.3, 0.4) is 0 Å². The maximum absolute atomic E-state index is 11.8. The minimum atomic E-state index is -0.480. The van der Waals surface area contributed by atoms with E-state index in [0.29, 0.717) is 24.4 Å². The molecule has 3 aliphatic rings. The van der Waals surface area contributed by atoms with E-state index in [2.05, 4.69) is 15.0 Å². The number of halogens is 1. The molecule has 0 N–H and O–H groups in total. The predicted molar refractivity (Wildman–Crippen MR) is 95.9 cm³/mol. The van der Waals surface area contributed by atoms with Gasteiger partial charge in [-0.25, -0.2) is 0 Å². The highest BCUT2D eigenvalue weighted by molar-refractivity contribution is 7.12. The molecule has 0 amide bonds. The number of alkyl halides is 1. The number of hydrogen-bond acceptors (Lipinski definition) is 7. The molecule has 1 fully saturated rings. The largest absolute Gasteiger partial charge is 0.385 e. The first kappa shape index (κ1) is 16.8. The van der Waals surface area contributed by atoms with Crippen LogP contribution >= 0.6 is 22.9 Å². The summed E-state index contributed by atoms with van der Waals surface area (Å²) in [6.07, 6.45) is 4.21. The van der Waals surface area contributed by atoms with Crippen molar-refractivity contribution >= 4 is 34.9 Å². The number of carbonyl (C=O) groups is 1. The number of rotatable bonds is 3. The van der Waals surface area contributed by atoms with E-state index in [1.54, 1.807) is 11.7 Å². The zero-order chi connectivity index (χ0) is 17.6. The minimum absolute atomic E-state index is 0.0758. The van der Waals surface area contributed by atoms with Gasteiger partial charge in [-0.15, -0.1) is 22.9 Å². The van der Waals surface area contributed by atoms with Gasteiger partial charge in [-0.3, -0.25) is 9.78 Å². The molecule has 3 heterocycles. The summed E-state index contributed by atoms with van der Waals surface area (Å²) in [7, 11) is 0. The minimum Gasteiger partial charge on any atom is -0.385 e. The van der Waals surface area contributed by atoms with Crippen LogP contribution in [-0.2, 0) is 14.4 Å². The maximum atomic E-state index is 11.8. The molecular formula is C17H18ClN3O3S. The number of fused-ring (bicyclic) bond motifs is 1. The number of thiazole rings is 1. The topological polar surface area (TPSA) is 64.0 Å². The first-order valence-electron chi connectivity index (χ1n) is 8.17. The van der Waals surface area contributed by atoms with E-state index in [9.17, 15) is 4.79 Å². The number of allylic oxidation sites excluding steroid dienone is 2. The third kappa shape index (κ3) is 2.90. The van der Waals surface area contributed by atoms with Crippen molar-refractivity contribution in [3.8, 4) is 0 Å². The van der Waals surface area contributed by atoms with Gasteiger partial charge in [-0.05, 0) is 19.9 Å². The Morgan fingerprint density at radius 3 is 2.76 bits per heavy atom. The number of hydrogen-bond donors (Lipinski definition) is 0. The van der Waals surface area contributed by atoms with Gasteiger partial charge in [-0.2, -0.15) is 0 Å². The molecule has 0 radical (unpaired) electrons. The Balaban J connectivity index is 1.73. The monoisotopic (exact) mass is 379 g/mol. The van der Waals surface area contributed by atoms with Gasteiger partial charge in [0.15, 0.2) is 12.4 Å². The van der Waals surface area contributed by atoms with Crippen molar-refractivity contribution < 1.29 is 14.4 Å². The molecule has 0 saturated carbocycles. The van der Waals surface area contributed by atoms with Gasteiger partial charge < -0.3 is 14.5 Å². The third-order valence-corrected chi connectivity index (χ3v) is 5.74. The Bertz CT molecular complexity index is 764. The quantitative estimate of drug-likeness (QED) is 0.596. The van der Waals surface area contributed by atoms with E-state index < -0.39 is 11.5 Å². The molecule has 1 aliphatic carbocycles. The zero-order valence-corrected chi connectivity index (χ0v) is 15.5. The summed E-state index contributed by atoms with van der Waals surface area (Å²) in [5.74, 6) is 0. The van der Waals surface area contributed by atoms with Crippen LogP contribution < -0.4 is 0 Å². The second-order valence-electron chi connectivity index (χ2n) is 6.45. The van der Waals surface area contributed by atoms with Crippen molar-refractivity contribution in [1.29, 1.82) is 0 Å².